The number of carbonyl (C=O) groups is 1. The number of aliphatic hydroxyl groups excluding tert-OH is 1. The van der Waals surface area contributed by atoms with Gasteiger partial charge in [0.1, 0.15) is 0 Å². The minimum atomic E-state index is -0.445. The highest BCUT2D eigenvalue weighted by Gasteiger charge is 2.27. The third-order valence-electron chi connectivity index (χ3n) is 6.02. The van der Waals surface area contributed by atoms with Crippen LogP contribution in [0.15, 0.2) is 0 Å². The first-order valence-electron chi connectivity index (χ1n) is 10.1. The number of aliphatic hydroxyl groups is 1. The molecule has 1 aliphatic heterocycles. The lowest BCUT2D eigenvalue weighted by atomic mass is 9.92. The highest BCUT2D eigenvalue weighted by atomic mass is 16.3. The lowest BCUT2D eigenvalue weighted by Gasteiger charge is -2.39. The average molecular weight is 340 g/mol. The number of nitrogens with one attached hydrogen (secondary N) is 2. The molecular formula is C19H37N3O2. The Bertz CT molecular complexity index is 360. The van der Waals surface area contributed by atoms with Gasteiger partial charge >= 0.3 is 6.03 Å². The molecule has 1 atom stereocenters. The molecule has 24 heavy (non-hydrogen) atoms. The molecule has 5 heteroatoms. The van der Waals surface area contributed by atoms with Crippen LogP contribution in [0.4, 0.5) is 4.79 Å². The number of rotatable bonds is 7. The molecule has 140 valence electrons. The predicted octanol–water partition coefficient (Wildman–Crippen LogP) is 2.88. The molecule has 0 radical (unpaired) electrons. The number of nitrogens with zero attached hydrogens (tertiary/aromatic N) is 1. The van der Waals surface area contributed by atoms with Crippen molar-refractivity contribution in [3.8, 4) is 0 Å². The van der Waals surface area contributed by atoms with Crippen molar-refractivity contribution < 1.29 is 9.90 Å². The van der Waals surface area contributed by atoms with E-state index in [1.165, 1.54) is 32.1 Å². The summed E-state index contributed by atoms with van der Waals surface area (Å²) in [6.07, 6.45) is 10.4. The van der Waals surface area contributed by atoms with Crippen molar-refractivity contribution in [1.29, 1.82) is 0 Å². The van der Waals surface area contributed by atoms with E-state index >= 15 is 0 Å². The van der Waals surface area contributed by atoms with Gasteiger partial charge in [-0.25, -0.2) is 4.79 Å². The smallest absolute Gasteiger partial charge is 0.315 e. The van der Waals surface area contributed by atoms with Crippen LogP contribution in [-0.2, 0) is 0 Å². The van der Waals surface area contributed by atoms with E-state index in [9.17, 15) is 9.90 Å². The summed E-state index contributed by atoms with van der Waals surface area (Å²) >= 11 is 0. The fourth-order valence-corrected chi connectivity index (χ4v) is 4.29. The first kappa shape index (κ1) is 19.5. The standard InChI is InChI=1S/C19H37N3O2/c1-3-15(4-2)18(23)14-20-19(24)21-16-10-12-22(13-11-16)17-8-6-5-7-9-17/h15-18,23H,3-14H2,1-2H3,(H2,20,21,24). The van der Waals surface area contributed by atoms with Crippen molar-refractivity contribution in [1.82, 2.24) is 15.5 Å². The maximum atomic E-state index is 12.1. The summed E-state index contributed by atoms with van der Waals surface area (Å²) in [5.41, 5.74) is 0. The van der Waals surface area contributed by atoms with E-state index < -0.39 is 6.10 Å². The van der Waals surface area contributed by atoms with Crippen molar-refractivity contribution in [3.05, 3.63) is 0 Å². The molecule has 0 aromatic heterocycles. The molecule has 1 unspecified atom stereocenters. The van der Waals surface area contributed by atoms with Crippen LogP contribution in [0, 0.1) is 5.92 Å². The highest BCUT2D eigenvalue weighted by molar-refractivity contribution is 5.74. The van der Waals surface area contributed by atoms with Crippen LogP contribution in [0.1, 0.15) is 71.6 Å². The van der Waals surface area contributed by atoms with E-state index in [0.29, 0.717) is 6.54 Å². The van der Waals surface area contributed by atoms with Crippen LogP contribution in [-0.4, -0.2) is 53.9 Å². The van der Waals surface area contributed by atoms with Gasteiger partial charge < -0.3 is 20.6 Å². The molecule has 2 amide bonds. The Morgan fingerprint density at radius 1 is 1.08 bits per heavy atom. The van der Waals surface area contributed by atoms with Crippen LogP contribution in [0.2, 0.25) is 0 Å². The Kier molecular flexibility index (Phi) is 8.33. The minimum absolute atomic E-state index is 0.129. The van der Waals surface area contributed by atoms with Crippen LogP contribution >= 0.6 is 0 Å². The zero-order valence-corrected chi connectivity index (χ0v) is 15.6. The zero-order chi connectivity index (χ0) is 17.4. The maximum Gasteiger partial charge on any atom is 0.315 e. The van der Waals surface area contributed by atoms with Crippen LogP contribution in [0.25, 0.3) is 0 Å². The molecule has 5 nitrogen and oxygen atoms in total. The number of hydrogen-bond donors (Lipinski definition) is 3. The van der Waals surface area contributed by atoms with Crippen LogP contribution in [0.3, 0.4) is 0 Å². The Balaban J connectivity index is 1.63. The third kappa shape index (κ3) is 5.92. The SMILES string of the molecule is CCC(CC)C(O)CNC(=O)NC1CCN(C2CCCCC2)CC1. The molecule has 1 saturated carbocycles. The van der Waals surface area contributed by atoms with Crippen molar-refractivity contribution in [2.75, 3.05) is 19.6 Å². The monoisotopic (exact) mass is 339 g/mol. The van der Waals surface area contributed by atoms with Gasteiger partial charge in [-0.15, -0.1) is 0 Å². The first-order chi connectivity index (χ1) is 11.6. The molecule has 0 spiro atoms. The van der Waals surface area contributed by atoms with Gasteiger partial charge in [-0.1, -0.05) is 46.0 Å². The van der Waals surface area contributed by atoms with Gasteiger partial charge in [-0.2, -0.15) is 0 Å². The van der Waals surface area contributed by atoms with Gasteiger partial charge in [0.15, 0.2) is 0 Å². The summed E-state index contributed by atoms with van der Waals surface area (Å²) < 4.78 is 0. The molecule has 2 fully saturated rings. The highest BCUT2D eigenvalue weighted by Crippen LogP contribution is 2.25. The van der Waals surface area contributed by atoms with Crippen molar-refractivity contribution in [2.45, 2.75) is 89.8 Å². The molecular weight excluding hydrogens is 302 g/mol. The molecule has 2 aliphatic rings. The van der Waals surface area contributed by atoms with Crippen LogP contribution < -0.4 is 10.6 Å². The molecule has 0 aromatic carbocycles. The lowest BCUT2D eigenvalue weighted by Crippen LogP contribution is -2.51. The average Bonchev–Trinajstić information content (AvgIpc) is 2.62. The second-order valence-electron chi connectivity index (χ2n) is 7.60. The summed E-state index contributed by atoms with van der Waals surface area (Å²) in [6.45, 7) is 6.71. The lowest BCUT2D eigenvalue weighted by molar-refractivity contribution is 0.101. The van der Waals surface area contributed by atoms with E-state index in [2.05, 4.69) is 29.4 Å². The van der Waals surface area contributed by atoms with E-state index in [1.807, 2.05) is 0 Å². The fraction of sp³-hybridized carbons (Fsp3) is 0.947. The molecule has 0 aromatic rings. The molecule has 3 N–H and O–H groups in total. The largest absolute Gasteiger partial charge is 0.391 e. The quantitative estimate of drug-likeness (QED) is 0.668. The van der Waals surface area contributed by atoms with Gasteiger partial charge in [0.05, 0.1) is 6.10 Å². The summed E-state index contributed by atoms with van der Waals surface area (Å²) in [4.78, 5) is 14.7. The van der Waals surface area contributed by atoms with Crippen molar-refractivity contribution in [3.63, 3.8) is 0 Å². The zero-order valence-electron chi connectivity index (χ0n) is 15.6. The van der Waals surface area contributed by atoms with Crippen molar-refractivity contribution >= 4 is 6.03 Å². The van der Waals surface area contributed by atoms with Gasteiger partial charge in [-0.3, -0.25) is 0 Å². The number of piperidine rings is 1. The topological polar surface area (TPSA) is 64.6 Å². The molecule has 1 heterocycles. The van der Waals surface area contributed by atoms with E-state index in [-0.39, 0.29) is 18.0 Å². The second kappa shape index (κ2) is 10.2. The van der Waals surface area contributed by atoms with Crippen molar-refractivity contribution in [2.24, 2.45) is 5.92 Å². The predicted molar refractivity (Wildman–Crippen MR) is 98.1 cm³/mol. The number of hydrogen-bond acceptors (Lipinski definition) is 3. The number of amides is 2. The molecule has 0 bridgehead atoms. The first-order valence-corrected chi connectivity index (χ1v) is 10.1. The Labute approximate surface area is 147 Å². The van der Waals surface area contributed by atoms with Gasteiger partial charge in [0.25, 0.3) is 0 Å². The second-order valence-corrected chi connectivity index (χ2v) is 7.60. The minimum Gasteiger partial charge on any atom is -0.391 e. The van der Waals surface area contributed by atoms with Gasteiger partial charge in [0, 0.05) is 31.7 Å². The molecule has 1 aliphatic carbocycles. The summed E-state index contributed by atoms with van der Waals surface area (Å²) in [6, 6.07) is 0.926. The summed E-state index contributed by atoms with van der Waals surface area (Å²) in [5.74, 6) is 0.268. The number of urea groups is 1. The Morgan fingerprint density at radius 3 is 2.29 bits per heavy atom. The van der Waals surface area contributed by atoms with Crippen LogP contribution in [0.5, 0.6) is 0 Å². The van der Waals surface area contributed by atoms with E-state index in [0.717, 1.165) is 44.8 Å². The van der Waals surface area contributed by atoms with Gasteiger partial charge in [0.2, 0.25) is 0 Å². The molecule has 1 saturated heterocycles. The Hall–Kier alpha value is -0.810. The fourth-order valence-electron chi connectivity index (χ4n) is 4.29. The normalized spacial score (nSPS) is 22.5. The van der Waals surface area contributed by atoms with E-state index in [1.54, 1.807) is 0 Å². The summed E-state index contributed by atoms with van der Waals surface area (Å²) in [7, 11) is 0. The molecule has 2 rings (SSSR count). The number of likely N-dealkylation sites (tertiary alicyclic amines) is 1. The third-order valence-corrected chi connectivity index (χ3v) is 6.02. The maximum absolute atomic E-state index is 12.1. The Morgan fingerprint density at radius 2 is 1.71 bits per heavy atom. The van der Waals surface area contributed by atoms with Gasteiger partial charge in [-0.05, 0) is 31.6 Å². The van der Waals surface area contributed by atoms with E-state index in [4.69, 9.17) is 0 Å². The summed E-state index contributed by atoms with van der Waals surface area (Å²) in [5, 5.41) is 16.0. The number of carbonyl (C=O) groups excluding carboxylic acids is 1.